The number of aldehydes is 1. The number of carbonyl (C=O) groups is 1. The lowest BCUT2D eigenvalue weighted by molar-refractivity contribution is -0.108. The van der Waals surface area contributed by atoms with Gasteiger partial charge in [-0.2, -0.15) is 0 Å². The van der Waals surface area contributed by atoms with Crippen molar-refractivity contribution in [3.63, 3.8) is 0 Å². The minimum atomic E-state index is 0.401. The first-order valence-electron chi connectivity index (χ1n) is 5.42. The maximum atomic E-state index is 10.6. The maximum absolute atomic E-state index is 10.6. The van der Waals surface area contributed by atoms with Gasteiger partial charge in [-0.15, -0.1) is 0 Å². The Hall–Kier alpha value is -1.31. The van der Waals surface area contributed by atoms with Crippen molar-refractivity contribution in [2.45, 2.75) is 25.2 Å². The molecular weight excluding hydrogens is 188 g/mol. The number of carbonyl (C=O) groups excluding carboxylic acids is 1. The highest BCUT2D eigenvalue weighted by Crippen LogP contribution is 2.44. The van der Waals surface area contributed by atoms with Gasteiger partial charge in [-0.25, -0.2) is 0 Å². The molecule has 1 aliphatic rings. The highest BCUT2D eigenvalue weighted by molar-refractivity contribution is 5.52. The molecule has 1 fully saturated rings. The molecule has 0 bridgehead atoms. The first kappa shape index (κ1) is 10.2. The van der Waals surface area contributed by atoms with E-state index in [2.05, 4.69) is 6.07 Å². The van der Waals surface area contributed by atoms with E-state index in [4.69, 9.17) is 4.74 Å². The van der Waals surface area contributed by atoms with Crippen LogP contribution in [0.2, 0.25) is 0 Å². The summed E-state index contributed by atoms with van der Waals surface area (Å²) >= 11 is 0. The van der Waals surface area contributed by atoms with Crippen LogP contribution >= 0.6 is 0 Å². The first-order valence-corrected chi connectivity index (χ1v) is 5.42. The van der Waals surface area contributed by atoms with Gasteiger partial charge in [0.25, 0.3) is 0 Å². The third-order valence-corrected chi connectivity index (χ3v) is 3.06. The first-order chi connectivity index (χ1) is 7.35. The summed E-state index contributed by atoms with van der Waals surface area (Å²) in [5.74, 6) is 1.99. The zero-order chi connectivity index (χ0) is 10.7. The fraction of sp³-hybridized carbons (Fsp3) is 0.462. The summed E-state index contributed by atoms with van der Waals surface area (Å²) in [5, 5.41) is 0. The standard InChI is InChI=1S/C13H16O2/c1-15-12-4-2-3-11(9-12)13(7-8-14)10-5-6-10/h2-4,8-10,13H,5-7H2,1H3. The van der Waals surface area contributed by atoms with E-state index in [0.717, 1.165) is 12.0 Å². The molecule has 1 aliphatic carbocycles. The Morgan fingerprint density at radius 1 is 1.53 bits per heavy atom. The van der Waals surface area contributed by atoms with Crippen molar-refractivity contribution in [2.75, 3.05) is 7.11 Å². The van der Waals surface area contributed by atoms with Crippen molar-refractivity contribution >= 4 is 6.29 Å². The van der Waals surface area contributed by atoms with Crippen molar-refractivity contribution < 1.29 is 9.53 Å². The maximum Gasteiger partial charge on any atom is 0.120 e. The molecule has 0 N–H and O–H groups in total. The van der Waals surface area contributed by atoms with E-state index >= 15 is 0 Å². The van der Waals surface area contributed by atoms with Gasteiger partial charge in [0, 0.05) is 6.42 Å². The zero-order valence-corrected chi connectivity index (χ0v) is 8.98. The Labute approximate surface area is 90.3 Å². The van der Waals surface area contributed by atoms with Crippen LogP contribution < -0.4 is 4.74 Å². The zero-order valence-electron chi connectivity index (χ0n) is 8.98. The molecule has 15 heavy (non-hydrogen) atoms. The molecule has 80 valence electrons. The van der Waals surface area contributed by atoms with Gasteiger partial charge >= 0.3 is 0 Å². The van der Waals surface area contributed by atoms with Gasteiger partial charge in [0.05, 0.1) is 7.11 Å². The third-order valence-electron chi connectivity index (χ3n) is 3.06. The number of benzene rings is 1. The average Bonchev–Trinajstić information content (AvgIpc) is 3.10. The van der Waals surface area contributed by atoms with Crippen molar-refractivity contribution in [1.29, 1.82) is 0 Å². The summed E-state index contributed by atoms with van der Waals surface area (Å²) in [7, 11) is 1.67. The van der Waals surface area contributed by atoms with Crippen LogP contribution in [0.1, 0.15) is 30.7 Å². The van der Waals surface area contributed by atoms with Gasteiger partial charge in [-0.05, 0) is 42.4 Å². The number of rotatable bonds is 5. The number of hydrogen-bond acceptors (Lipinski definition) is 2. The second-order valence-electron chi connectivity index (χ2n) is 4.12. The molecule has 1 aromatic rings. The van der Waals surface area contributed by atoms with Crippen LogP contribution in [0, 0.1) is 5.92 Å². The molecule has 2 heteroatoms. The molecule has 1 saturated carbocycles. The summed E-state index contributed by atoms with van der Waals surface area (Å²) in [5.41, 5.74) is 1.24. The summed E-state index contributed by atoms with van der Waals surface area (Å²) < 4.78 is 5.19. The lowest BCUT2D eigenvalue weighted by Gasteiger charge is -2.14. The Morgan fingerprint density at radius 2 is 2.33 bits per heavy atom. The molecule has 0 saturated heterocycles. The molecule has 0 heterocycles. The Morgan fingerprint density at radius 3 is 2.93 bits per heavy atom. The molecule has 2 nitrogen and oxygen atoms in total. The molecule has 0 radical (unpaired) electrons. The predicted molar refractivity (Wildman–Crippen MR) is 59.1 cm³/mol. The molecule has 1 atom stereocenters. The van der Waals surface area contributed by atoms with Crippen LogP contribution in [-0.2, 0) is 4.79 Å². The largest absolute Gasteiger partial charge is 0.497 e. The Balaban J connectivity index is 2.20. The van der Waals surface area contributed by atoms with Gasteiger partial charge in [0.2, 0.25) is 0 Å². The van der Waals surface area contributed by atoms with E-state index in [1.54, 1.807) is 7.11 Å². The van der Waals surface area contributed by atoms with E-state index in [9.17, 15) is 4.79 Å². The molecule has 1 aromatic carbocycles. The summed E-state index contributed by atoms with van der Waals surface area (Å²) in [6.07, 6.45) is 4.19. The van der Waals surface area contributed by atoms with Crippen molar-refractivity contribution in [2.24, 2.45) is 5.92 Å². The molecule has 0 amide bonds. The average molecular weight is 204 g/mol. The Kier molecular flexibility index (Phi) is 3.05. The van der Waals surface area contributed by atoms with Gasteiger partial charge in [0.15, 0.2) is 0 Å². The van der Waals surface area contributed by atoms with Gasteiger partial charge in [0.1, 0.15) is 12.0 Å². The highest BCUT2D eigenvalue weighted by Gasteiger charge is 2.31. The fourth-order valence-corrected chi connectivity index (χ4v) is 2.08. The summed E-state index contributed by atoms with van der Waals surface area (Å²) in [6, 6.07) is 8.07. The van der Waals surface area contributed by atoms with E-state index in [1.807, 2.05) is 18.2 Å². The monoisotopic (exact) mass is 204 g/mol. The molecule has 2 rings (SSSR count). The van der Waals surface area contributed by atoms with Gasteiger partial charge < -0.3 is 9.53 Å². The van der Waals surface area contributed by atoms with E-state index in [-0.39, 0.29) is 0 Å². The van der Waals surface area contributed by atoms with Crippen LogP contribution in [0.3, 0.4) is 0 Å². The number of methoxy groups -OCH3 is 1. The molecule has 0 spiro atoms. The summed E-state index contributed by atoms with van der Waals surface area (Å²) in [4.78, 5) is 10.6. The van der Waals surface area contributed by atoms with Crippen LogP contribution in [0.15, 0.2) is 24.3 Å². The number of ether oxygens (including phenoxy) is 1. The second kappa shape index (κ2) is 4.47. The lowest BCUT2D eigenvalue weighted by atomic mass is 9.91. The molecule has 1 unspecified atom stereocenters. The van der Waals surface area contributed by atoms with E-state index < -0.39 is 0 Å². The Bertz CT molecular complexity index is 342. The molecular formula is C13H16O2. The third kappa shape index (κ3) is 2.38. The normalized spacial score (nSPS) is 17.1. The van der Waals surface area contributed by atoms with Crippen molar-refractivity contribution in [3.8, 4) is 5.75 Å². The lowest BCUT2D eigenvalue weighted by Crippen LogP contribution is -2.02. The van der Waals surface area contributed by atoms with Gasteiger partial charge in [-0.3, -0.25) is 0 Å². The minimum Gasteiger partial charge on any atom is -0.497 e. The van der Waals surface area contributed by atoms with Crippen molar-refractivity contribution in [3.05, 3.63) is 29.8 Å². The highest BCUT2D eigenvalue weighted by atomic mass is 16.5. The molecule has 0 aliphatic heterocycles. The van der Waals surface area contributed by atoms with E-state index in [0.29, 0.717) is 18.3 Å². The fourth-order valence-electron chi connectivity index (χ4n) is 2.08. The van der Waals surface area contributed by atoms with E-state index in [1.165, 1.54) is 18.4 Å². The summed E-state index contributed by atoms with van der Waals surface area (Å²) in [6.45, 7) is 0. The van der Waals surface area contributed by atoms with Crippen LogP contribution in [0.4, 0.5) is 0 Å². The quantitative estimate of drug-likeness (QED) is 0.689. The van der Waals surface area contributed by atoms with Crippen molar-refractivity contribution in [1.82, 2.24) is 0 Å². The van der Waals surface area contributed by atoms with Crippen LogP contribution in [0.5, 0.6) is 5.75 Å². The van der Waals surface area contributed by atoms with Crippen LogP contribution in [0.25, 0.3) is 0 Å². The molecule has 0 aromatic heterocycles. The minimum absolute atomic E-state index is 0.401. The second-order valence-corrected chi connectivity index (χ2v) is 4.12. The predicted octanol–water partition coefficient (Wildman–Crippen LogP) is 2.78. The SMILES string of the molecule is COc1cccc(C(CC=O)C2CC2)c1. The van der Waals surface area contributed by atoms with Crippen LogP contribution in [-0.4, -0.2) is 13.4 Å². The van der Waals surface area contributed by atoms with Gasteiger partial charge in [-0.1, -0.05) is 12.1 Å². The smallest absolute Gasteiger partial charge is 0.120 e. The number of hydrogen-bond donors (Lipinski definition) is 0. The topological polar surface area (TPSA) is 26.3 Å².